The molecule has 2 fully saturated rings. The molecule has 0 amide bonds. The summed E-state index contributed by atoms with van der Waals surface area (Å²) in [7, 11) is 0. The average Bonchev–Trinajstić information content (AvgIpc) is 3.39. The van der Waals surface area contributed by atoms with Gasteiger partial charge in [0.2, 0.25) is 5.95 Å². The van der Waals surface area contributed by atoms with Crippen LogP contribution in [0.1, 0.15) is 38.9 Å². The lowest BCUT2D eigenvalue weighted by molar-refractivity contribution is -0.0811. The van der Waals surface area contributed by atoms with Gasteiger partial charge in [0.05, 0.1) is 40.7 Å². The molecule has 6 rings (SSSR count). The SMILES string of the molecule is CC(C)(O)c1nc2c(F)cc(-c3nc(N[C@@H]4C[C@H]5CC[C@H](O5)[C@H]4O)ncc3Cl)c3c2n1CCS3. The Morgan fingerprint density at radius 1 is 1.32 bits per heavy atom. The summed E-state index contributed by atoms with van der Waals surface area (Å²) in [4.78, 5) is 14.2. The van der Waals surface area contributed by atoms with Crippen molar-refractivity contribution in [3.63, 3.8) is 0 Å². The van der Waals surface area contributed by atoms with Crippen LogP contribution < -0.4 is 5.32 Å². The third kappa shape index (κ3) is 3.58. The number of nitrogens with one attached hydrogen (secondary N) is 1. The highest BCUT2D eigenvalue weighted by Crippen LogP contribution is 2.44. The van der Waals surface area contributed by atoms with Crippen LogP contribution in [0.2, 0.25) is 5.02 Å². The number of halogens is 2. The van der Waals surface area contributed by atoms with Crippen molar-refractivity contribution < 1.29 is 19.3 Å². The van der Waals surface area contributed by atoms with Crippen molar-refractivity contribution in [3.05, 3.63) is 28.9 Å². The van der Waals surface area contributed by atoms with Gasteiger partial charge in [-0.15, -0.1) is 11.8 Å². The zero-order valence-corrected chi connectivity index (χ0v) is 20.3. The van der Waals surface area contributed by atoms with Crippen molar-refractivity contribution in [3.8, 4) is 11.3 Å². The lowest BCUT2D eigenvalue weighted by Gasteiger charge is -2.34. The van der Waals surface area contributed by atoms with Crippen molar-refractivity contribution in [2.75, 3.05) is 11.1 Å². The number of rotatable bonds is 4. The molecule has 0 spiro atoms. The fraction of sp³-hybridized carbons (Fsp3) is 0.522. The fourth-order valence-electron chi connectivity index (χ4n) is 5.26. The summed E-state index contributed by atoms with van der Waals surface area (Å²) in [6.45, 7) is 3.91. The largest absolute Gasteiger partial charge is 0.388 e. The smallest absolute Gasteiger partial charge is 0.223 e. The number of imidazole rings is 1. The molecule has 2 saturated heterocycles. The Morgan fingerprint density at radius 2 is 2.15 bits per heavy atom. The van der Waals surface area contributed by atoms with E-state index in [4.69, 9.17) is 16.3 Å². The van der Waals surface area contributed by atoms with Crippen molar-refractivity contribution in [2.45, 2.75) is 74.5 Å². The maximum atomic E-state index is 15.3. The van der Waals surface area contributed by atoms with Crippen LogP contribution in [0.4, 0.5) is 10.3 Å². The number of nitrogens with zero attached hydrogens (tertiary/aromatic N) is 4. The minimum Gasteiger partial charge on any atom is -0.388 e. The highest BCUT2D eigenvalue weighted by atomic mass is 35.5. The normalized spacial score (nSPS) is 26.3. The summed E-state index contributed by atoms with van der Waals surface area (Å²) in [5, 5.41) is 24.8. The van der Waals surface area contributed by atoms with Gasteiger partial charge in [-0.3, -0.25) is 0 Å². The Morgan fingerprint density at radius 3 is 2.94 bits per heavy atom. The molecule has 2 bridgehead atoms. The fourth-order valence-corrected chi connectivity index (χ4v) is 6.58. The van der Waals surface area contributed by atoms with Gasteiger partial charge in [-0.1, -0.05) is 11.6 Å². The number of aliphatic hydroxyl groups is 2. The van der Waals surface area contributed by atoms with Gasteiger partial charge in [-0.2, -0.15) is 0 Å². The Kier molecular flexibility index (Phi) is 5.31. The Labute approximate surface area is 204 Å². The van der Waals surface area contributed by atoms with Gasteiger partial charge in [-0.05, 0) is 39.2 Å². The second kappa shape index (κ2) is 8.03. The number of hydrogen-bond donors (Lipinski definition) is 3. The first-order valence-corrected chi connectivity index (χ1v) is 12.8. The standard InChI is InChI=1S/C23H25ClFN5O3S/c1-23(2,32)21-28-17-13(25)8-11(20-18(17)30(21)5-6-34-20)16-12(24)9-26-22(29-16)27-14-7-10-3-4-15(33-10)19(14)31/h8-10,14-15,19,31-32H,3-7H2,1-2H3,(H,26,27,29)/t10-,14-,15+,19+/m1/s1. The summed E-state index contributed by atoms with van der Waals surface area (Å²) in [5.41, 5.74) is 0.627. The van der Waals surface area contributed by atoms with Crippen molar-refractivity contribution >= 4 is 40.3 Å². The van der Waals surface area contributed by atoms with Gasteiger partial charge in [0, 0.05) is 22.8 Å². The minimum absolute atomic E-state index is 0.125. The van der Waals surface area contributed by atoms with Crippen LogP contribution in [0.15, 0.2) is 17.2 Å². The second-order valence-corrected chi connectivity index (χ2v) is 11.2. The van der Waals surface area contributed by atoms with Gasteiger partial charge >= 0.3 is 0 Å². The monoisotopic (exact) mass is 505 g/mol. The van der Waals surface area contributed by atoms with Gasteiger partial charge in [0.1, 0.15) is 23.0 Å². The van der Waals surface area contributed by atoms with Crippen molar-refractivity contribution in [2.24, 2.45) is 0 Å². The quantitative estimate of drug-likeness (QED) is 0.493. The Bertz CT molecular complexity index is 1300. The number of aryl methyl sites for hydroxylation is 1. The zero-order chi connectivity index (χ0) is 23.8. The predicted octanol–water partition coefficient (Wildman–Crippen LogP) is 3.71. The first kappa shape index (κ1) is 22.5. The summed E-state index contributed by atoms with van der Waals surface area (Å²) in [5.74, 6) is 0.995. The molecular formula is C23H25ClFN5O3S. The molecule has 3 N–H and O–H groups in total. The molecule has 180 valence electrons. The first-order valence-electron chi connectivity index (χ1n) is 11.4. The highest BCUT2D eigenvalue weighted by molar-refractivity contribution is 7.99. The van der Waals surface area contributed by atoms with Crippen LogP contribution in [0.25, 0.3) is 22.3 Å². The van der Waals surface area contributed by atoms with Crippen molar-refractivity contribution in [1.82, 2.24) is 19.5 Å². The van der Waals surface area contributed by atoms with E-state index in [9.17, 15) is 10.2 Å². The number of benzene rings is 1. The number of thioether (sulfide) groups is 1. The summed E-state index contributed by atoms with van der Waals surface area (Å²) < 4.78 is 23.0. The zero-order valence-electron chi connectivity index (χ0n) is 18.8. The summed E-state index contributed by atoms with van der Waals surface area (Å²) >= 11 is 8.10. The van der Waals surface area contributed by atoms with E-state index in [0.29, 0.717) is 46.5 Å². The Hall–Kier alpha value is -1.98. The number of hydrogen-bond acceptors (Lipinski definition) is 8. The number of fused-ring (bicyclic) bond motifs is 2. The number of aromatic nitrogens is 4. The number of ether oxygens (including phenoxy) is 1. The third-order valence-corrected chi connectivity index (χ3v) is 8.16. The van der Waals surface area contributed by atoms with Gasteiger partial charge in [0.15, 0.2) is 5.82 Å². The molecule has 8 nitrogen and oxygen atoms in total. The maximum Gasteiger partial charge on any atom is 0.223 e. The summed E-state index contributed by atoms with van der Waals surface area (Å²) in [6, 6.07) is 1.17. The Balaban J connectivity index is 1.43. The molecule has 3 aliphatic heterocycles. The molecular weight excluding hydrogens is 481 g/mol. The molecule has 11 heteroatoms. The molecule has 0 saturated carbocycles. The molecule has 0 unspecified atom stereocenters. The molecule has 4 atom stereocenters. The van der Waals surface area contributed by atoms with Gasteiger partial charge in [0.25, 0.3) is 0 Å². The molecule has 0 aliphatic carbocycles. The van der Waals surface area contributed by atoms with Crippen LogP contribution in [0.3, 0.4) is 0 Å². The third-order valence-electron chi connectivity index (χ3n) is 6.80. The van der Waals surface area contributed by atoms with E-state index in [2.05, 4.69) is 20.3 Å². The van der Waals surface area contributed by atoms with Crippen LogP contribution in [0, 0.1) is 5.82 Å². The first-order chi connectivity index (χ1) is 16.2. The lowest BCUT2D eigenvalue weighted by Crippen LogP contribution is -2.47. The van der Waals surface area contributed by atoms with E-state index in [1.165, 1.54) is 12.3 Å². The van der Waals surface area contributed by atoms with Crippen LogP contribution in [-0.4, -0.2) is 59.8 Å². The van der Waals surface area contributed by atoms with E-state index >= 15 is 4.39 Å². The predicted molar refractivity (Wildman–Crippen MR) is 128 cm³/mol. The van der Waals surface area contributed by atoms with Crippen LogP contribution in [0.5, 0.6) is 0 Å². The van der Waals surface area contributed by atoms with Gasteiger partial charge in [-0.25, -0.2) is 19.3 Å². The molecule has 2 aromatic heterocycles. The molecule has 3 aromatic rings. The molecule has 3 aliphatic rings. The van der Waals surface area contributed by atoms with E-state index in [1.807, 2.05) is 4.57 Å². The van der Waals surface area contributed by atoms with Crippen LogP contribution >= 0.6 is 23.4 Å². The van der Waals surface area contributed by atoms with Crippen LogP contribution in [-0.2, 0) is 16.9 Å². The summed E-state index contributed by atoms with van der Waals surface area (Å²) in [6.07, 6.45) is 3.24. The maximum absolute atomic E-state index is 15.3. The molecule has 34 heavy (non-hydrogen) atoms. The van der Waals surface area contributed by atoms with E-state index < -0.39 is 17.5 Å². The molecule has 0 radical (unpaired) electrons. The van der Waals surface area contributed by atoms with E-state index in [-0.39, 0.29) is 23.8 Å². The lowest BCUT2D eigenvalue weighted by atomic mass is 10.0. The van der Waals surface area contributed by atoms with Gasteiger partial charge < -0.3 is 24.8 Å². The number of aliphatic hydroxyl groups excluding tert-OH is 1. The van der Waals surface area contributed by atoms with Crippen molar-refractivity contribution in [1.29, 1.82) is 0 Å². The average molecular weight is 506 g/mol. The highest BCUT2D eigenvalue weighted by Gasteiger charge is 2.42. The number of anilines is 1. The molecule has 1 aromatic carbocycles. The second-order valence-electron chi connectivity index (χ2n) is 9.67. The van der Waals surface area contributed by atoms with E-state index in [1.54, 1.807) is 25.6 Å². The molecule has 5 heterocycles. The van der Waals surface area contributed by atoms with E-state index in [0.717, 1.165) is 23.5 Å². The minimum atomic E-state index is -1.21. The topological polar surface area (TPSA) is 105 Å².